The zero-order valence-corrected chi connectivity index (χ0v) is 8.06. The highest BCUT2D eigenvalue weighted by molar-refractivity contribution is 5.35. The van der Waals surface area contributed by atoms with Crippen LogP contribution in [0.5, 0.6) is 5.75 Å². The van der Waals surface area contributed by atoms with Crippen LogP contribution in [-0.4, -0.2) is 11.7 Å². The van der Waals surface area contributed by atoms with Crippen molar-refractivity contribution in [2.24, 2.45) is 5.73 Å². The Hall–Kier alpha value is -1.23. The Bertz CT molecular complexity index is 329. The van der Waals surface area contributed by atoms with Gasteiger partial charge in [-0.25, -0.2) is 13.2 Å². The van der Waals surface area contributed by atoms with Crippen molar-refractivity contribution < 1.29 is 18.3 Å². The van der Waals surface area contributed by atoms with Crippen molar-refractivity contribution in [1.82, 2.24) is 0 Å². The summed E-state index contributed by atoms with van der Waals surface area (Å²) in [4.78, 5) is 0. The lowest BCUT2D eigenvalue weighted by atomic mass is 10.1. The third kappa shape index (κ3) is 2.62. The summed E-state index contributed by atoms with van der Waals surface area (Å²) in [5.41, 5.74) is 4.91. The highest BCUT2D eigenvalue weighted by Gasteiger charge is 2.17. The summed E-state index contributed by atoms with van der Waals surface area (Å²) >= 11 is 0. The van der Waals surface area contributed by atoms with E-state index in [2.05, 4.69) is 0 Å². The first kappa shape index (κ1) is 11.8. The number of nitrogens with two attached hydrogens (primary N) is 1. The monoisotopic (exact) mass is 219 g/mol. The van der Waals surface area contributed by atoms with E-state index in [9.17, 15) is 18.3 Å². The van der Waals surface area contributed by atoms with Crippen molar-refractivity contribution in [3.8, 4) is 5.75 Å². The first-order valence-corrected chi connectivity index (χ1v) is 4.63. The molecule has 0 radical (unpaired) electrons. The summed E-state index contributed by atoms with van der Waals surface area (Å²) in [5.74, 6) is -4.43. The predicted octanol–water partition coefficient (Wildman–Crippen LogP) is 2.09. The summed E-state index contributed by atoms with van der Waals surface area (Å²) in [7, 11) is 0. The van der Waals surface area contributed by atoms with Crippen LogP contribution in [0, 0.1) is 17.5 Å². The third-order valence-electron chi connectivity index (χ3n) is 2.12. The second-order valence-corrected chi connectivity index (χ2v) is 3.23. The summed E-state index contributed by atoms with van der Waals surface area (Å²) in [5, 5.41) is 9.19. The molecule has 0 saturated carbocycles. The molecule has 0 atom stereocenters. The number of phenolic OH excluding ortho intramolecular Hbond substituents is 1. The Labute approximate surface area is 85.5 Å². The van der Waals surface area contributed by atoms with E-state index in [1.165, 1.54) is 0 Å². The molecule has 0 spiro atoms. The number of phenols is 1. The molecule has 0 aliphatic heterocycles. The zero-order valence-electron chi connectivity index (χ0n) is 8.06. The number of rotatable bonds is 4. The molecule has 0 heterocycles. The number of unbranched alkanes of at least 4 members (excludes halogenated alkanes) is 1. The minimum absolute atomic E-state index is 0.0730. The molecule has 0 unspecified atom stereocenters. The fraction of sp³-hybridized carbons (Fsp3) is 0.400. The SMILES string of the molecule is NCCCCc1c(O)c(F)cc(F)c1F. The van der Waals surface area contributed by atoms with Gasteiger partial charge in [0.25, 0.3) is 0 Å². The first-order valence-electron chi connectivity index (χ1n) is 4.63. The molecule has 0 aliphatic rings. The molecule has 84 valence electrons. The standard InChI is InChI=1S/C10H12F3NO/c11-7-5-8(12)10(15)6(9(7)13)3-1-2-4-14/h5,15H,1-4,14H2. The van der Waals surface area contributed by atoms with E-state index in [0.717, 1.165) is 0 Å². The Balaban J connectivity index is 2.94. The average molecular weight is 219 g/mol. The lowest BCUT2D eigenvalue weighted by Gasteiger charge is -2.07. The van der Waals surface area contributed by atoms with Gasteiger partial charge in [-0.05, 0) is 25.8 Å². The Kier molecular flexibility index (Phi) is 3.96. The fourth-order valence-corrected chi connectivity index (χ4v) is 1.31. The van der Waals surface area contributed by atoms with Gasteiger partial charge in [0, 0.05) is 11.6 Å². The highest BCUT2D eigenvalue weighted by atomic mass is 19.2. The van der Waals surface area contributed by atoms with Crippen molar-refractivity contribution in [1.29, 1.82) is 0 Å². The average Bonchev–Trinajstić information content (AvgIpc) is 2.20. The van der Waals surface area contributed by atoms with Crippen molar-refractivity contribution in [3.05, 3.63) is 29.1 Å². The molecule has 0 bridgehead atoms. The Morgan fingerprint density at radius 3 is 2.40 bits per heavy atom. The van der Waals surface area contributed by atoms with Crippen LogP contribution in [0.4, 0.5) is 13.2 Å². The molecule has 1 rings (SSSR count). The maximum Gasteiger partial charge on any atom is 0.168 e. The van der Waals surface area contributed by atoms with Gasteiger partial charge < -0.3 is 10.8 Å². The maximum atomic E-state index is 13.1. The smallest absolute Gasteiger partial charge is 0.168 e. The molecule has 3 N–H and O–H groups in total. The summed E-state index contributed by atoms with van der Waals surface area (Å²) in [6.07, 6.45) is 1.16. The molecule has 0 aliphatic carbocycles. The van der Waals surface area contributed by atoms with Crippen molar-refractivity contribution in [3.63, 3.8) is 0 Å². The largest absolute Gasteiger partial charge is 0.505 e. The molecule has 0 fully saturated rings. The van der Waals surface area contributed by atoms with E-state index in [4.69, 9.17) is 5.73 Å². The van der Waals surface area contributed by atoms with Crippen LogP contribution >= 0.6 is 0 Å². The molecule has 5 heteroatoms. The van der Waals surface area contributed by atoms with Gasteiger partial charge in [-0.1, -0.05) is 0 Å². The third-order valence-corrected chi connectivity index (χ3v) is 2.12. The predicted molar refractivity (Wildman–Crippen MR) is 50.0 cm³/mol. The lowest BCUT2D eigenvalue weighted by molar-refractivity contribution is 0.401. The number of hydrogen-bond donors (Lipinski definition) is 2. The summed E-state index contributed by atoms with van der Waals surface area (Å²) < 4.78 is 38.8. The van der Waals surface area contributed by atoms with Crippen molar-refractivity contribution in [2.75, 3.05) is 6.54 Å². The molecule has 1 aromatic carbocycles. The number of hydrogen-bond acceptors (Lipinski definition) is 2. The first-order chi connectivity index (χ1) is 7.07. The van der Waals surface area contributed by atoms with Crippen LogP contribution in [-0.2, 0) is 6.42 Å². The van der Waals surface area contributed by atoms with Crippen LogP contribution in [0.1, 0.15) is 18.4 Å². The normalized spacial score (nSPS) is 10.7. The van der Waals surface area contributed by atoms with Gasteiger partial charge in [0.1, 0.15) is 0 Å². The van der Waals surface area contributed by atoms with Crippen LogP contribution in [0.2, 0.25) is 0 Å². The zero-order chi connectivity index (χ0) is 11.4. The summed E-state index contributed by atoms with van der Waals surface area (Å²) in [6.45, 7) is 0.417. The van der Waals surface area contributed by atoms with E-state index in [1.54, 1.807) is 0 Å². The highest BCUT2D eigenvalue weighted by Crippen LogP contribution is 2.27. The molecule has 0 aromatic heterocycles. The van der Waals surface area contributed by atoms with E-state index in [-0.39, 0.29) is 12.0 Å². The van der Waals surface area contributed by atoms with Crippen LogP contribution < -0.4 is 5.73 Å². The van der Waals surface area contributed by atoms with E-state index in [1.807, 2.05) is 0 Å². The topological polar surface area (TPSA) is 46.2 Å². The maximum absolute atomic E-state index is 13.1. The second-order valence-electron chi connectivity index (χ2n) is 3.23. The minimum atomic E-state index is -1.28. The van der Waals surface area contributed by atoms with Crippen molar-refractivity contribution >= 4 is 0 Å². The fourth-order valence-electron chi connectivity index (χ4n) is 1.31. The summed E-state index contributed by atoms with van der Waals surface area (Å²) in [6, 6.07) is 0.330. The van der Waals surface area contributed by atoms with Gasteiger partial charge in [0.05, 0.1) is 0 Å². The van der Waals surface area contributed by atoms with E-state index in [0.29, 0.717) is 25.5 Å². The van der Waals surface area contributed by atoms with Gasteiger partial charge in [0.2, 0.25) is 0 Å². The van der Waals surface area contributed by atoms with Gasteiger partial charge in [0.15, 0.2) is 23.2 Å². The quantitative estimate of drug-likeness (QED) is 0.601. The Morgan fingerprint density at radius 1 is 1.13 bits per heavy atom. The Morgan fingerprint density at radius 2 is 1.80 bits per heavy atom. The van der Waals surface area contributed by atoms with Crippen molar-refractivity contribution in [2.45, 2.75) is 19.3 Å². The lowest BCUT2D eigenvalue weighted by Crippen LogP contribution is -2.02. The van der Waals surface area contributed by atoms with E-state index >= 15 is 0 Å². The van der Waals surface area contributed by atoms with Gasteiger partial charge in [-0.2, -0.15) is 0 Å². The molecule has 15 heavy (non-hydrogen) atoms. The molecular formula is C10H12F3NO. The van der Waals surface area contributed by atoms with Gasteiger partial charge in [-0.3, -0.25) is 0 Å². The number of aromatic hydroxyl groups is 1. The van der Waals surface area contributed by atoms with Crippen LogP contribution in [0.25, 0.3) is 0 Å². The van der Waals surface area contributed by atoms with Gasteiger partial charge >= 0.3 is 0 Å². The molecule has 1 aromatic rings. The molecule has 2 nitrogen and oxygen atoms in total. The number of benzene rings is 1. The number of halogens is 3. The molecular weight excluding hydrogens is 207 g/mol. The molecule has 0 amide bonds. The molecule has 0 saturated heterocycles. The van der Waals surface area contributed by atoms with Gasteiger partial charge in [-0.15, -0.1) is 0 Å². The minimum Gasteiger partial charge on any atom is -0.505 e. The van der Waals surface area contributed by atoms with Crippen LogP contribution in [0.3, 0.4) is 0 Å². The van der Waals surface area contributed by atoms with Crippen LogP contribution in [0.15, 0.2) is 6.07 Å². The second kappa shape index (κ2) is 5.02. The van der Waals surface area contributed by atoms with E-state index < -0.39 is 23.2 Å².